The number of aromatic nitrogens is 1. The molecule has 10 heteroatoms. The van der Waals surface area contributed by atoms with Crippen molar-refractivity contribution in [1.82, 2.24) is 15.6 Å². The number of ketones is 1. The van der Waals surface area contributed by atoms with Gasteiger partial charge in [0.25, 0.3) is 0 Å². The molecule has 0 unspecified atom stereocenters. The topological polar surface area (TPSA) is 124 Å². The number of benzene rings is 1. The molecular formula is C26H30ClFN4O4. The molecule has 0 bridgehead atoms. The van der Waals surface area contributed by atoms with Crippen LogP contribution >= 0.6 is 11.6 Å². The van der Waals surface area contributed by atoms with Crippen LogP contribution < -0.4 is 15.4 Å². The van der Waals surface area contributed by atoms with Crippen LogP contribution in [-0.2, 0) is 9.59 Å². The highest BCUT2D eigenvalue weighted by molar-refractivity contribution is 6.35. The quantitative estimate of drug-likeness (QED) is 0.407. The largest absolute Gasteiger partial charge is 0.493 e. The van der Waals surface area contributed by atoms with E-state index in [0.717, 1.165) is 18.9 Å². The van der Waals surface area contributed by atoms with Crippen molar-refractivity contribution in [3.05, 3.63) is 28.7 Å². The normalized spacial score (nSPS) is 20.4. The summed E-state index contributed by atoms with van der Waals surface area (Å²) in [6.07, 6.45) is 3.24. The minimum atomic E-state index is -0.835. The lowest BCUT2D eigenvalue weighted by atomic mass is 9.90. The molecule has 4 rings (SSSR count). The van der Waals surface area contributed by atoms with E-state index in [1.807, 2.05) is 13.8 Å². The predicted molar refractivity (Wildman–Crippen MR) is 132 cm³/mol. The summed E-state index contributed by atoms with van der Waals surface area (Å²) in [7, 11) is 1.33. The van der Waals surface area contributed by atoms with Gasteiger partial charge in [0.2, 0.25) is 11.8 Å². The number of carbonyl (C=O) groups excluding carboxylic acids is 3. The number of nitrogens with one attached hydrogen (secondary N) is 3. The van der Waals surface area contributed by atoms with Gasteiger partial charge in [0.15, 0.2) is 17.3 Å². The summed E-state index contributed by atoms with van der Waals surface area (Å²) in [5.74, 6) is -2.11. The fraction of sp³-hybridized carbons (Fsp3) is 0.538. The van der Waals surface area contributed by atoms with E-state index in [0.29, 0.717) is 29.7 Å². The average Bonchev–Trinajstić information content (AvgIpc) is 3.43. The standard InChI is InChI=1S/C26H30ClFN4O4/c1-26(2)11-15(25(35)32-26)7-16(12-29)30-24(34)14(6-13-4-5-13)8-21(33)20-9-17-22(31-20)18(27)10-19(28)23(17)36-3/h9-10,13-16,31H,4-8,11H2,1-3H3,(H,30,34)(H,32,35)/t14-,15-,16+/m1/s1. The molecule has 3 N–H and O–H groups in total. The number of ether oxygens (including phenoxy) is 1. The molecule has 3 atom stereocenters. The zero-order valence-corrected chi connectivity index (χ0v) is 21.3. The molecular weight excluding hydrogens is 487 g/mol. The minimum absolute atomic E-state index is 0.0204. The van der Waals surface area contributed by atoms with Crippen LogP contribution in [0.15, 0.2) is 12.1 Å². The first-order valence-electron chi connectivity index (χ1n) is 12.1. The lowest BCUT2D eigenvalue weighted by Crippen LogP contribution is -2.40. The Balaban J connectivity index is 1.48. The molecule has 2 heterocycles. The third kappa shape index (κ3) is 5.65. The zero-order valence-electron chi connectivity index (χ0n) is 20.5. The van der Waals surface area contributed by atoms with Crippen LogP contribution in [0.4, 0.5) is 4.39 Å². The lowest BCUT2D eigenvalue weighted by molar-refractivity contribution is -0.127. The molecule has 1 aliphatic carbocycles. The first-order valence-corrected chi connectivity index (χ1v) is 12.5. The molecule has 192 valence electrons. The van der Waals surface area contributed by atoms with Crippen molar-refractivity contribution in [2.75, 3.05) is 7.11 Å². The van der Waals surface area contributed by atoms with Crippen LogP contribution in [0.3, 0.4) is 0 Å². The van der Waals surface area contributed by atoms with E-state index in [9.17, 15) is 24.0 Å². The van der Waals surface area contributed by atoms with Gasteiger partial charge in [-0.3, -0.25) is 14.4 Å². The highest BCUT2D eigenvalue weighted by Gasteiger charge is 2.39. The van der Waals surface area contributed by atoms with Crippen molar-refractivity contribution >= 4 is 40.1 Å². The smallest absolute Gasteiger partial charge is 0.224 e. The molecule has 2 fully saturated rings. The van der Waals surface area contributed by atoms with Crippen molar-refractivity contribution in [3.8, 4) is 11.8 Å². The van der Waals surface area contributed by atoms with Gasteiger partial charge in [0, 0.05) is 29.2 Å². The van der Waals surface area contributed by atoms with Gasteiger partial charge in [-0.05, 0) is 51.2 Å². The summed E-state index contributed by atoms with van der Waals surface area (Å²) in [6.45, 7) is 3.84. The second kappa shape index (κ2) is 10.1. The van der Waals surface area contributed by atoms with Gasteiger partial charge in [-0.25, -0.2) is 4.39 Å². The second-order valence-corrected chi connectivity index (χ2v) is 11.0. The third-order valence-electron chi connectivity index (χ3n) is 6.98. The molecule has 1 aromatic carbocycles. The van der Waals surface area contributed by atoms with Crippen LogP contribution in [0, 0.1) is 34.9 Å². The van der Waals surface area contributed by atoms with Gasteiger partial charge in [-0.2, -0.15) is 5.26 Å². The predicted octanol–water partition coefficient (Wildman–Crippen LogP) is 4.27. The molecule has 2 amide bonds. The number of nitrogens with zero attached hydrogens (tertiary/aromatic N) is 1. The summed E-state index contributed by atoms with van der Waals surface area (Å²) in [4.78, 5) is 41.5. The lowest BCUT2D eigenvalue weighted by Gasteiger charge is -2.20. The SMILES string of the molecule is COc1c(F)cc(Cl)c2[nH]c(C(=O)C[C@@H](CC3CC3)C(=O)N[C@H](C#N)C[C@@H]3CC(C)(C)NC3=O)cc12. The van der Waals surface area contributed by atoms with Crippen molar-refractivity contribution in [3.63, 3.8) is 0 Å². The Morgan fingerprint density at radius 3 is 2.64 bits per heavy atom. The first kappa shape index (κ1) is 26.0. The zero-order chi connectivity index (χ0) is 26.2. The number of nitriles is 1. The van der Waals surface area contributed by atoms with Crippen LogP contribution in [0.1, 0.15) is 62.9 Å². The van der Waals surface area contributed by atoms with E-state index in [1.54, 1.807) is 0 Å². The van der Waals surface area contributed by atoms with Crippen LogP contribution in [0.25, 0.3) is 10.9 Å². The summed E-state index contributed by atoms with van der Waals surface area (Å²) >= 11 is 6.15. The van der Waals surface area contributed by atoms with Gasteiger partial charge >= 0.3 is 0 Å². The maximum absolute atomic E-state index is 14.2. The Kier molecular flexibility index (Phi) is 7.28. The Hall–Kier alpha value is -3.12. The number of H-pyrrole nitrogens is 1. The maximum atomic E-state index is 14.2. The van der Waals surface area contributed by atoms with Gasteiger partial charge in [0.05, 0.1) is 29.4 Å². The summed E-state index contributed by atoms with van der Waals surface area (Å²) in [6, 6.07) is 3.85. The number of methoxy groups -OCH3 is 1. The molecule has 1 aromatic heterocycles. The van der Waals surface area contributed by atoms with E-state index in [4.69, 9.17) is 16.3 Å². The average molecular weight is 517 g/mol. The van der Waals surface area contributed by atoms with Crippen molar-refractivity contribution in [2.24, 2.45) is 17.8 Å². The Morgan fingerprint density at radius 1 is 1.33 bits per heavy atom. The fourth-order valence-corrected chi connectivity index (χ4v) is 5.28. The van der Waals surface area contributed by atoms with Crippen LogP contribution in [-0.4, -0.2) is 41.3 Å². The second-order valence-electron chi connectivity index (χ2n) is 10.5. The van der Waals surface area contributed by atoms with Crippen LogP contribution in [0.2, 0.25) is 5.02 Å². The van der Waals surface area contributed by atoms with Gasteiger partial charge in [-0.15, -0.1) is 0 Å². The number of rotatable bonds is 10. The third-order valence-corrected chi connectivity index (χ3v) is 7.27. The summed E-state index contributed by atoms with van der Waals surface area (Å²) < 4.78 is 19.3. The number of fused-ring (bicyclic) bond motifs is 1. The highest BCUT2D eigenvalue weighted by atomic mass is 35.5. The van der Waals surface area contributed by atoms with Crippen molar-refractivity contribution < 1.29 is 23.5 Å². The number of halogens is 2. The number of hydrogen-bond donors (Lipinski definition) is 3. The number of amides is 2. The maximum Gasteiger partial charge on any atom is 0.224 e. The van der Waals surface area contributed by atoms with E-state index in [-0.39, 0.29) is 58.4 Å². The molecule has 2 aromatic rings. The van der Waals surface area contributed by atoms with E-state index < -0.39 is 17.8 Å². The molecule has 1 saturated heterocycles. The van der Waals surface area contributed by atoms with Gasteiger partial charge in [-0.1, -0.05) is 24.4 Å². The van der Waals surface area contributed by atoms with E-state index in [2.05, 4.69) is 21.7 Å². The summed E-state index contributed by atoms with van der Waals surface area (Å²) in [5, 5.41) is 15.8. The molecule has 0 spiro atoms. The Morgan fingerprint density at radius 2 is 2.06 bits per heavy atom. The number of carbonyl (C=O) groups is 3. The molecule has 1 aliphatic heterocycles. The number of aromatic amines is 1. The van der Waals surface area contributed by atoms with Gasteiger partial charge in [0.1, 0.15) is 6.04 Å². The van der Waals surface area contributed by atoms with Crippen molar-refractivity contribution in [2.45, 2.75) is 64.0 Å². The molecule has 0 radical (unpaired) electrons. The molecule has 2 aliphatic rings. The minimum Gasteiger partial charge on any atom is -0.493 e. The summed E-state index contributed by atoms with van der Waals surface area (Å²) in [5.41, 5.74) is 0.232. The fourth-order valence-electron chi connectivity index (χ4n) is 5.03. The monoisotopic (exact) mass is 516 g/mol. The molecule has 8 nitrogen and oxygen atoms in total. The number of Topliss-reactive ketones (excluding diaryl/α,β-unsaturated/α-hetero) is 1. The van der Waals surface area contributed by atoms with E-state index in [1.165, 1.54) is 13.2 Å². The first-order chi connectivity index (χ1) is 17.0. The van der Waals surface area contributed by atoms with Gasteiger partial charge < -0.3 is 20.4 Å². The highest BCUT2D eigenvalue weighted by Crippen LogP contribution is 2.38. The van der Waals surface area contributed by atoms with E-state index >= 15 is 0 Å². The molecule has 36 heavy (non-hydrogen) atoms. The number of hydrogen-bond acceptors (Lipinski definition) is 5. The molecule has 1 saturated carbocycles. The Bertz CT molecular complexity index is 1250. The van der Waals surface area contributed by atoms with Crippen LogP contribution in [0.5, 0.6) is 5.75 Å². The van der Waals surface area contributed by atoms with Crippen molar-refractivity contribution in [1.29, 1.82) is 5.26 Å². The Labute approximate surface area is 213 Å².